The third-order valence-corrected chi connectivity index (χ3v) is 11.3. The number of amides is 2. The zero-order valence-electron chi connectivity index (χ0n) is 33.8. The summed E-state index contributed by atoms with van der Waals surface area (Å²) in [7, 11) is 1.43. The first-order chi connectivity index (χ1) is 27.3. The summed E-state index contributed by atoms with van der Waals surface area (Å²) < 4.78 is 20.1. The Kier molecular flexibility index (Phi) is 24.1. The maximum Gasteiger partial charge on any atom is 1.00 e. The summed E-state index contributed by atoms with van der Waals surface area (Å²) in [5.74, 6) is -0.173. The zero-order valence-corrected chi connectivity index (χ0v) is 35.4. The molecule has 2 amide bonds. The monoisotopic (exact) mass is 854 g/mol. The molecule has 3 aliphatic heterocycles. The van der Waals surface area contributed by atoms with Gasteiger partial charge in [0.1, 0.15) is 0 Å². The molecule has 0 unspecified atom stereocenters. The largest absolute Gasteiger partial charge is 1.00 e. The number of unbranched alkanes of at least 4 members (excludes halogenated alkanes) is 4. The summed E-state index contributed by atoms with van der Waals surface area (Å²) >= 11 is 3.08. The summed E-state index contributed by atoms with van der Waals surface area (Å²) in [5, 5.41) is 26.1. The van der Waals surface area contributed by atoms with Crippen LogP contribution >= 0.6 is 22.7 Å². The normalized spacial score (nSPS) is 14.9. The van der Waals surface area contributed by atoms with Crippen molar-refractivity contribution in [2.45, 2.75) is 51.4 Å². The van der Waals surface area contributed by atoms with Gasteiger partial charge in [-0.05, 0) is 74.5 Å². The van der Waals surface area contributed by atoms with Crippen LogP contribution in [0, 0.1) is 11.8 Å². The number of likely N-dealkylation sites (tertiary alicyclic amines) is 2. The molecule has 0 saturated carbocycles. The van der Waals surface area contributed by atoms with E-state index in [-0.39, 0.29) is 59.4 Å². The van der Waals surface area contributed by atoms with E-state index in [4.69, 9.17) is 23.6 Å². The average Bonchev–Trinajstić information content (AvgIpc) is 4.02. The summed E-state index contributed by atoms with van der Waals surface area (Å²) in [5.41, 5.74) is 0.603. The van der Waals surface area contributed by atoms with E-state index >= 15 is 0 Å². The van der Waals surface area contributed by atoms with Crippen molar-refractivity contribution in [1.29, 1.82) is 0 Å². The molecule has 0 aromatic carbocycles. The molecule has 320 valence electrons. The first-order valence-corrected chi connectivity index (χ1v) is 21.0. The quantitative estimate of drug-likeness (QED) is 0.0730. The van der Waals surface area contributed by atoms with Gasteiger partial charge < -0.3 is 55.0 Å². The fourth-order valence-corrected chi connectivity index (χ4v) is 7.53. The molecule has 0 spiro atoms. The van der Waals surface area contributed by atoms with Crippen LogP contribution in [-0.4, -0.2) is 133 Å². The Bertz CT molecular complexity index is 1770. The SMILES string of the molecule is C1CCOC1.COC(=O)C1CN(CCCCCNC(=O)c2cc(-c3cccs3)on2)C1.O.O=C(NCCCCCN1CC(C(=O)O)C1)c1cc(-c2cccs2)on1.[Li+].[OH-]. The van der Waals surface area contributed by atoms with Crippen LogP contribution in [0.15, 0.2) is 56.2 Å². The van der Waals surface area contributed by atoms with Crippen molar-refractivity contribution in [2.24, 2.45) is 11.8 Å². The fraction of sp³-hybridized carbons (Fsp3) is 0.538. The van der Waals surface area contributed by atoms with E-state index in [0.29, 0.717) is 49.1 Å². The van der Waals surface area contributed by atoms with Crippen LogP contribution in [0.2, 0.25) is 0 Å². The van der Waals surface area contributed by atoms with Gasteiger partial charge in [-0.25, -0.2) is 0 Å². The van der Waals surface area contributed by atoms with Gasteiger partial charge in [0, 0.05) is 64.6 Å². The predicted octanol–water partition coefficient (Wildman–Crippen LogP) is 1.53. The number of carbonyl (C=O) groups excluding carboxylic acids is 3. The minimum absolute atomic E-state index is 0. The maximum atomic E-state index is 12.1. The second-order valence-corrected chi connectivity index (χ2v) is 15.7. The minimum atomic E-state index is -0.700. The first-order valence-electron chi connectivity index (χ1n) is 19.2. The smallest absolute Gasteiger partial charge is 0.870 e. The van der Waals surface area contributed by atoms with E-state index in [9.17, 15) is 19.2 Å². The maximum absolute atomic E-state index is 12.1. The Morgan fingerprint density at radius 3 is 1.59 bits per heavy atom. The average molecular weight is 855 g/mol. The molecule has 3 fully saturated rings. The van der Waals surface area contributed by atoms with E-state index in [1.807, 2.05) is 35.0 Å². The second-order valence-electron chi connectivity index (χ2n) is 13.8. The van der Waals surface area contributed by atoms with E-state index in [2.05, 4.69) is 30.7 Å². The molecule has 20 heteroatoms. The standard InChI is InChI=1S/C18H23N3O4S.C17H21N3O4S.C4H8O.Li.2H2O/c1-24-18(23)13-11-21(12-13)8-4-2-3-7-19-17(22)14-10-15(25-20-14)16-6-5-9-26-16;21-16(13-9-14(24-19-13)15-5-4-8-25-15)18-6-2-1-3-7-20-10-12(11-20)17(22)23;1-2-4-5-3-1;;;/h5-6,9-10,13H,2-4,7-8,11-12H2,1H3,(H,19,22);4-5,8-9,12H,1-3,6-7,10-11H2,(H,18,21)(H,22,23);1-4H2;;2*1H2/q;;;+1;;/p-1. The van der Waals surface area contributed by atoms with E-state index in [1.165, 1.54) is 31.3 Å². The number of carboxylic acid groups (broad SMARTS) is 1. The van der Waals surface area contributed by atoms with Crippen LogP contribution in [0.4, 0.5) is 0 Å². The van der Waals surface area contributed by atoms with Crippen LogP contribution in [0.5, 0.6) is 0 Å². The topological polar surface area (TPSA) is 251 Å². The molecule has 3 saturated heterocycles. The molecular formula is C39H55LiN6O11S2. The van der Waals surface area contributed by atoms with Crippen LogP contribution in [0.25, 0.3) is 21.3 Å². The number of aromatic nitrogens is 2. The fourth-order valence-electron chi connectivity index (χ4n) is 6.18. The summed E-state index contributed by atoms with van der Waals surface area (Å²) in [4.78, 5) is 52.4. The number of hydrogen-bond donors (Lipinski definition) is 3. The van der Waals surface area contributed by atoms with E-state index < -0.39 is 5.97 Å². The second kappa shape index (κ2) is 27.8. The van der Waals surface area contributed by atoms with Gasteiger partial charge in [0.2, 0.25) is 0 Å². The molecule has 7 heterocycles. The van der Waals surface area contributed by atoms with Crippen molar-refractivity contribution in [1.82, 2.24) is 30.7 Å². The molecule has 0 bridgehead atoms. The number of ether oxygens (including phenoxy) is 2. The molecule has 4 aromatic rings. The van der Waals surface area contributed by atoms with Gasteiger partial charge in [0.15, 0.2) is 22.9 Å². The van der Waals surface area contributed by atoms with Crippen LogP contribution < -0.4 is 29.5 Å². The third kappa shape index (κ3) is 16.9. The van der Waals surface area contributed by atoms with Crippen molar-refractivity contribution in [3.63, 3.8) is 0 Å². The van der Waals surface area contributed by atoms with Crippen molar-refractivity contribution < 1.29 is 72.6 Å². The number of methoxy groups -OCH3 is 1. The van der Waals surface area contributed by atoms with Crippen molar-refractivity contribution in [3.8, 4) is 21.3 Å². The number of carboxylic acids is 1. The third-order valence-electron chi connectivity index (χ3n) is 9.51. The summed E-state index contributed by atoms with van der Waals surface area (Å²) in [6.07, 6.45) is 8.44. The molecule has 59 heavy (non-hydrogen) atoms. The Balaban J connectivity index is 0.000000347. The Morgan fingerprint density at radius 2 is 1.22 bits per heavy atom. The molecule has 17 nitrogen and oxygen atoms in total. The van der Waals surface area contributed by atoms with Crippen LogP contribution in [0.1, 0.15) is 72.3 Å². The molecule has 0 atom stereocenters. The number of nitrogens with zero attached hydrogens (tertiary/aromatic N) is 4. The van der Waals surface area contributed by atoms with Gasteiger partial charge in [-0.2, -0.15) is 0 Å². The molecule has 4 aromatic heterocycles. The molecule has 0 radical (unpaired) electrons. The van der Waals surface area contributed by atoms with Gasteiger partial charge >= 0.3 is 30.8 Å². The van der Waals surface area contributed by atoms with Gasteiger partial charge in [0.25, 0.3) is 11.8 Å². The predicted molar refractivity (Wildman–Crippen MR) is 217 cm³/mol. The van der Waals surface area contributed by atoms with Gasteiger partial charge in [-0.1, -0.05) is 35.3 Å². The number of carbonyl (C=O) groups is 4. The van der Waals surface area contributed by atoms with Crippen molar-refractivity contribution in [3.05, 3.63) is 58.5 Å². The molecule has 7 rings (SSSR count). The number of rotatable bonds is 18. The Morgan fingerprint density at radius 1 is 0.763 bits per heavy atom. The van der Waals surface area contributed by atoms with Gasteiger partial charge in [0.05, 0.1) is 28.7 Å². The number of nitrogens with one attached hydrogen (secondary N) is 2. The number of hydrogen-bond acceptors (Lipinski definition) is 15. The van der Waals surface area contributed by atoms with Crippen LogP contribution in [0.3, 0.4) is 0 Å². The number of aliphatic carboxylic acids is 1. The molecule has 0 aliphatic carbocycles. The summed E-state index contributed by atoms with van der Waals surface area (Å²) in [6, 6.07) is 11.0. The van der Waals surface area contributed by atoms with Crippen molar-refractivity contribution in [2.75, 3.05) is 72.7 Å². The van der Waals surface area contributed by atoms with Gasteiger partial charge in [-0.3, -0.25) is 19.2 Å². The molecule has 6 N–H and O–H groups in total. The minimum Gasteiger partial charge on any atom is -0.870 e. The van der Waals surface area contributed by atoms with E-state index in [0.717, 1.165) is 87.7 Å². The number of thiophene rings is 2. The van der Waals surface area contributed by atoms with E-state index in [1.54, 1.807) is 23.5 Å². The molecule has 3 aliphatic rings. The summed E-state index contributed by atoms with van der Waals surface area (Å²) in [6.45, 7) is 8.02. The van der Waals surface area contributed by atoms with Gasteiger partial charge in [-0.15, -0.1) is 22.7 Å². The Labute approximate surface area is 363 Å². The number of esters is 1. The van der Waals surface area contributed by atoms with Crippen LogP contribution in [-0.2, 0) is 19.1 Å². The zero-order chi connectivity index (χ0) is 39.5. The first kappa shape index (κ1) is 51.2. The molecular weight excluding hydrogens is 800 g/mol. The Hall–Kier alpha value is -3.90. The van der Waals surface area contributed by atoms with Crippen molar-refractivity contribution >= 4 is 46.4 Å².